The fraction of sp³-hybridized carbons (Fsp3) is 0.231. The third-order valence-corrected chi connectivity index (χ3v) is 8.94. The van der Waals surface area contributed by atoms with Crippen LogP contribution < -0.4 is 10.6 Å². The van der Waals surface area contributed by atoms with E-state index in [1.807, 2.05) is 56.6 Å². The first-order chi connectivity index (χ1) is 23.8. The number of hydrogen-bond donors (Lipinski definition) is 2. The number of Topliss-reactive ketones (excluding diaryl/α,β-unsaturated/α-hetero) is 1. The van der Waals surface area contributed by atoms with E-state index in [2.05, 4.69) is 20.5 Å². The number of ketones is 3. The average molecular weight is 653 g/mol. The SMILES string of the molecule is COC1C2=CC=CCC=C2C(=O)c2cccc(Cc3nc(NCCCN(C)C)nc(Nc4cccc5c4C(=O)c4ccccc4C5=O)n3)c21. The molecule has 3 aliphatic carbocycles. The highest BCUT2D eigenvalue weighted by molar-refractivity contribution is 6.30. The second-order valence-corrected chi connectivity index (χ2v) is 12.4. The molecular formula is C39H36N6O4. The van der Waals surface area contributed by atoms with E-state index in [1.165, 1.54) is 0 Å². The van der Waals surface area contributed by atoms with Crippen molar-refractivity contribution in [2.45, 2.75) is 25.4 Å². The number of aromatic nitrogens is 3. The fourth-order valence-electron chi connectivity index (χ4n) is 6.69. The summed E-state index contributed by atoms with van der Waals surface area (Å²) in [6.07, 6.45) is 9.28. The molecule has 246 valence electrons. The first-order valence-corrected chi connectivity index (χ1v) is 16.3. The Labute approximate surface area is 284 Å². The average Bonchev–Trinajstić information content (AvgIpc) is 3.36. The molecule has 1 unspecified atom stereocenters. The molecule has 4 aromatic rings. The van der Waals surface area contributed by atoms with E-state index in [-0.39, 0.29) is 28.9 Å². The van der Waals surface area contributed by atoms with Gasteiger partial charge in [0.15, 0.2) is 17.3 Å². The number of carbonyl (C=O) groups is 3. The van der Waals surface area contributed by atoms with Gasteiger partial charge in [-0.3, -0.25) is 14.4 Å². The van der Waals surface area contributed by atoms with E-state index in [4.69, 9.17) is 14.7 Å². The molecular weight excluding hydrogens is 616 g/mol. The summed E-state index contributed by atoms with van der Waals surface area (Å²) >= 11 is 0. The van der Waals surface area contributed by atoms with Crippen molar-refractivity contribution in [2.75, 3.05) is 44.9 Å². The van der Waals surface area contributed by atoms with Gasteiger partial charge in [-0.15, -0.1) is 0 Å². The summed E-state index contributed by atoms with van der Waals surface area (Å²) in [4.78, 5) is 57.1. The molecule has 2 N–H and O–H groups in total. The zero-order valence-electron chi connectivity index (χ0n) is 27.6. The van der Waals surface area contributed by atoms with Crippen LogP contribution in [0, 0.1) is 0 Å². The van der Waals surface area contributed by atoms with Gasteiger partial charge in [-0.1, -0.05) is 78.9 Å². The van der Waals surface area contributed by atoms with E-state index < -0.39 is 6.10 Å². The summed E-state index contributed by atoms with van der Waals surface area (Å²) in [7, 11) is 5.69. The number of carbonyl (C=O) groups excluding carboxylic acids is 3. The van der Waals surface area contributed by atoms with Crippen LogP contribution >= 0.6 is 0 Å². The smallest absolute Gasteiger partial charge is 0.232 e. The third kappa shape index (κ3) is 6.12. The highest BCUT2D eigenvalue weighted by Gasteiger charge is 2.36. The molecule has 1 aromatic heterocycles. The Morgan fingerprint density at radius 2 is 1.57 bits per heavy atom. The zero-order chi connectivity index (χ0) is 34.1. The topological polar surface area (TPSA) is 126 Å². The van der Waals surface area contributed by atoms with Crippen LogP contribution in [-0.4, -0.2) is 71.5 Å². The maximum absolute atomic E-state index is 13.7. The number of anilines is 3. The summed E-state index contributed by atoms with van der Waals surface area (Å²) in [5.74, 6) is 0.565. The number of nitrogens with one attached hydrogen (secondary N) is 2. The van der Waals surface area contributed by atoms with Crippen LogP contribution in [0.1, 0.15) is 78.1 Å². The van der Waals surface area contributed by atoms with E-state index in [0.29, 0.717) is 64.7 Å². The van der Waals surface area contributed by atoms with E-state index in [0.717, 1.165) is 29.7 Å². The predicted molar refractivity (Wildman–Crippen MR) is 188 cm³/mol. The Balaban J connectivity index is 1.27. The van der Waals surface area contributed by atoms with Gasteiger partial charge in [-0.25, -0.2) is 0 Å². The Morgan fingerprint density at radius 1 is 0.837 bits per heavy atom. The summed E-state index contributed by atoms with van der Waals surface area (Å²) < 4.78 is 6.04. The molecule has 0 bridgehead atoms. The van der Waals surface area contributed by atoms with E-state index in [1.54, 1.807) is 49.6 Å². The molecule has 10 nitrogen and oxygen atoms in total. The molecule has 7 rings (SSSR count). The number of nitrogens with zero attached hydrogens (tertiary/aromatic N) is 4. The second kappa shape index (κ2) is 13.5. The van der Waals surface area contributed by atoms with Gasteiger partial charge in [0.2, 0.25) is 11.9 Å². The molecule has 49 heavy (non-hydrogen) atoms. The summed E-state index contributed by atoms with van der Waals surface area (Å²) in [5.41, 5.74) is 5.54. The number of ether oxygens (including phenoxy) is 1. The van der Waals surface area contributed by atoms with Gasteiger partial charge < -0.3 is 20.3 Å². The lowest BCUT2D eigenvalue weighted by atomic mass is 9.78. The Bertz CT molecular complexity index is 2100. The normalized spacial score (nSPS) is 16.2. The van der Waals surface area contributed by atoms with Gasteiger partial charge in [-0.2, -0.15) is 15.0 Å². The molecule has 3 aromatic carbocycles. The monoisotopic (exact) mass is 652 g/mol. The minimum absolute atomic E-state index is 0.0315. The number of methoxy groups -OCH3 is 1. The quantitative estimate of drug-likeness (QED) is 0.172. The molecule has 10 heteroatoms. The summed E-state index contributed by atoms with van der Waals surface area (Å²) in [5, 5.41) is 6.56. The van der Waals surface area contributed by atoms with Gasteiger partial charge in [0.1, 0.15) is 11.9 Å². The Morgan fingerprint density at radius 3 is 2.37 bits per heavy atom. The number of fused-ring (bicyclic) bond motifs is 4. The first kappa shape index (κ1) is 32.0. The molecule has 1 heterocycles. The van der Waals surface area contributed by atoms with Gasteiger partial charge in [0, 0.05) is 53.5 Å². The number of rotatable bonds is 10. The summed E-state index contributed by atoms with van der Waals surface area (Å²) in [6, 6.07) is 17.7. The number of allylic oxidation sites excluding steroid dienone is 4. The van der Waals surface area contributed by atoms with Gasteiger partial charge >= 0.3 is 0 Å². The van der Waals surface area contributed by atoms with Crippen molar-refractivity contribution in [1.82, 2.24) is 19.9 Å². The highest BCUT2D eigenvalue weighted by atomic mass is 16.5. The molecule has 0 saturated heterocycles. The van der Waals surface area contributed by atoms with Crippen LogP contribution in [-0.2, 0) is 11.2 Å². The molecule has 0 amide bonds. The highest BCUT2D eigenvalue weighted by Crippen LogP contribution is 2.42. The van der Waals surface area contributed by atoms with Crippen LogP contribution in [0.25, 0.3) is 0 Å². The Kier molecular flexibility index (Phi) is 8.81. The third-order valence-electron chi connectivity index (χ3n) is 8.94. The van der Waals surface area contributed by atoms with Crippen molar-refractivity contribution < 1.29 is 19.1 Å². The molecule has 0 spiro atoms. The van der Waals surface area contributed by atoms with Crippen LogP contribution in [0.15, 0.2) is 96.1 Å². The fourth-order valence-corrected chi connectivity index (χ4v) is 6.69. The molecule has 3 aliphatic rings. The Hall–Kier alpha value is -5.58. The van der Waals surface area contributed by atoms with E-state index >= 15 is 0 Å². The second-order valence-electron chi connectivity index (χ2n) is 12.4. The van der Waals surface area contributed by atoms with E-state index in [9.17, 15) is 14.4 Å². The van der Waals surface area contributed by atoms with Crippen molar-refractivity contribution in [1.29, 1.82) is 0 Å². The van der Waals surface area contributed by atoms with Crippen molar-refractivity contribution in [3.8, 4) is 0 Å². The maximum Gasteiger partial charge on any atom is 0.232 e. The molecule has 0 aliphatic heterocycles. The van der Waals surface area contributed by atoms with Gasteiger partial charge in [-0.05, 0) is 50.7 Å². The molecule has 0 radical (unpaired) electrons. The summed E-state index contributed by atoms with van der Waals surface area (Å²) in [6.45, 7) is 1.51. The standard InChI is InChI=1S/C39H36N6O4/c1-45(2)21-11-20-40-38-42-31(22-23-12-9-17-28-32(23)37(49-3)27-16-6-4-5-13-26(27)35(28)47)43-39(44-38)41-30-19-10-18-29-33(30)36(48)25-15-8-7-14-24(25)34(29)46/h4,6-10,12-19,37H,5,11,20-22H2,1-3H3,(H2,40,41,42,43,44). The van der Waals surface area contributed by atoms with Gasteiger partial charge in [0.05, 0.1) is 11.3 Å². The predicted octanol–water partition coefficient (Wildman–Crippen LogP) is 6.04. The largest absolute Gasteiger partial charge is 0.372 e. The van der Waals surface area contributed by atoms with Crippen LogP contribution in [0.2, 0.25) is 0 Å². The zero-order valence-corrected chi connectivity index (χ0v) is 27.6. The van der Waals surface area contributed by atoms with Crippen molar-refractivity contribution in [3.05, 3.63) is 141 Å². The van der Waals surface area contributed by atoms with Crippen LogP contribution in [0.3, 0.4) is 0 Å². The number of hydrogen-bond acceptors (Lipinski definition) is 10. The lowest BCUT2D eigenvalue weighted by molar-refractivity contribution is 0.0972. The lowest BCUT2D eigenvalue weighted by Gasteiger charge is -2.30. The minimum Gasteiger partial charge on any atom is -0.372 e. The first-order valence-electron chi connectivity index (χ1n) is 16.3. The van der Waals surface area contributed by atoms with Crippen LogP contribution in [0.5, 0.6) is 0 Å². The van der Waals surface area contributed by atoms with Crippen LogP contribution in [0.4, 0.5) is 17.6 Å². The minimum atomic E-state index is -0.441. The number of benzene rings is 3. The van der Waals surface area contributed by atoms with Crippen molar-refractivity contribution >= 4 is 34.9 Å². The van der Waals surface area contributed by atoms with Crippen molar-refractivity contribution in [3.63, 3.8) is 0 Å². The van der Waals surface area contributed by atoms with Crippen molar-refractivity contribution in [2.24, 2.45) is 0 Å². The lowest BCUT2D eigenvalue weighted by Crippen LogP contribution is -2.24. The molecule has 0 fully saturated rings. The molecule has 0 saturated carbocycles. The van der Waals surface area contributed by atoms with Gasteiger partial charge in [0.25, 0.3) is 0 Å². The molecule has 1 atom stereocenters. The maximum atomic E-state index is 13.7.